The molecule has 0 atom stereocenters. The van der Waals surface area contributed by atoms with Crippen LogP contribution in [-0.4, -0.2) is 34.1 Å². The summed E-state index contributed by atoms with van der Waals surface area (Å²) >= 11 is 0. The van der Waals surface area contributed by atoms with Crippen molar-refractivity contribution in [2.24, 2.45) is 0 Å². The molecule has 3 aromatic heterocycles. The Bertz CT molecular complexity index is 3370. The minimum absolute atomic E-state index is 0.275. The van der Waals surface area contributed by atoms with Gasteiger partial charge in [-0.3, -0.25) is 9.13 Å². The van der Waals surface area contributed by atoms with Gasteiger partial charge in [0.25, 0.3) is 0 Å². The van der Waals surface area contributed by atoms with E-state index in [4.69, 9.17) is 24.9 Å². The van der Waals surface area contributed by atoms with Crippen molar-refractivity contribution in [2.45, 2.75) is 19.3 Å². The average molecular weight is 810 g/mol. The van der Waals surface area contributed by atoms with Crippen LogP contribution in [0.3, 0.4) is 0 Å². The Morgan fingerprint density at radius 1 is 0.349 bits per heavy atom. The molecule has 0 spiro atoms. The third-order valence-electron chi connectivity index (χ3n) is 12.4. The molecule has 0 saturated carbocycles. The molecule has 0 saturated heterocycles. The van der Waals surface area contributed by atoms with Crippen molar-refractivity contribution >= 4 is 22.1 Å². The van der Waals surface area contributed by atoms with Gasteiger partial charge < -0.3 is 0 Å². The summed E-state index contributed by atoms with van der Waals surface area (Å²) < 4.78 is 4.44. The number of imidazole rings is 2. The molecule has 0 N–H and O–H groups in total. The van der Waals surface area contributed by atoms with E-state index in [2.05, 4.69) is 199 Å². The molecule has 63 heavy (non-hydrogen) atoms. The summed E-state index contributed by atoms with van der Waals surface area (Å²) in [6, 6.07) is 69.4. The first kappa shape index (κ1) is 36.6. The van der Waals surface area contributed by atoms with Crippen LogP contribution in [0.5, 0.6) is 0 Å². The third kappa shape index (κ3) is 6.00. The van der Waals surface area contributed by atoms with Crippen LogP contribution in [0, 0.1) is 0 Å². The second-order valence-electron chi connectivity index (χ2n) is 16.6. The third-order valence-corrected chi connectivity index (χ3v) is 12.4. The minimum Gasteiger partial charge on any atom is -0.292 e. The fourth-order valence-corrected chi connectivity index (χ4v) is 9.50. The van der Waals surface area contributed by atoms with Crippen LogP contribution in [0.4, 0.5) is 0 Å². The lowest BCUT2D eigenvalue weighted by molar-refractivity contribution is 0.661. The van der Waals surface area contributed by atoms with E-state index in [1.807, 2.05) is 24.3 Å². The van der Waals surface area contributed by atoms with Gasteiger partial charge in [-0.05, 0) is 82.9 Å². The SMILES string of the molecule is CC1(C)c2ccccc2-c2cccc(-c3nc(-c4cccc(-c5nc6ccccc6n5-c5ccccc5)c4)nc(-c4cccc(-c5nc6ccccc6n5-c5ccccc5)c4)n3)c21. The maximum Gasteiger partial charge on any atom is 0.164 e. The van der Waals surface area contributed by atoms with E-state index in [1.165, 1.54) is 22.3 Å². The summed E-state index contributed by atoms with van der Waals surface area (Å²) in [5.74, 6) is 3.46. The molecule has 0 fully saturated rings. The molecule has 11 aromatic rings. The number of aromatic nitrogens is 7. The molecule has 298 valence electrons. The van der Waals surface area contributed by atoms with Crippen LogP contribution >= 0.6 is 0 Å². The number of hydrogen-bond donors (Lipinski definition) is 0. The predicted octanol–water partition coefficient (Wildman–Crippen LogP) is 13.2. The smallest absolute Gasteiger partial charge is 0.164 e. The van der Waals surface area contributed by atoms with Gasteiger partial charge in [0.1, 0.15) is 11.6 Å². The van der Waals surface area contributed by atoms with Gasteiger partial charge in [0, 0.05) is 44.6 Å². The second-order valence-corrected chi connectivity index (χ2v) is 16.6. The fraction of sp³-hybridized carbons (Fsp3) is 0.0536. The lowest BCUT2D eigenvalue weighted by Crippen LogP contribution is -2.17. The van der Waals surface area contributed by atoms with Gasteiger partial charge in [-0.1, -0.05) is 153 Å². The molecule has 0 bridgehead atoms. The Kier molecular flexibility index (Phi) is 8.37. The minimum atomic E-state index is -0.275. The van der Waals surface area contributed by atoms with Crippen LogP contribution in [0.15, 0.2) is 200 Å². The molecular weight excluding hydrogens is 771 g/mol. The first-order valence-electron chi connectivity index (χ1n) is 21.3. The van der Waals surface area contributed by atoms with Gasteiger partial charge in [0.05, 0.1) is 22.1 Å². The average Bonchev–Trinajstić information content (AvgIpc) is 4.01. The van der Waals surface area contributed by atoms with E-state index in [0.29, 0.717) is 17.5 Å². The molecule has 12 rings (SSSR count). The summed E-state index contributed by atoms with van der Waals surface area (Å²) in [4.78, 5) is 26.4. The zero-order valence-electron chi connectivity index (χ0n) is 34.7. The van der Waals surface area contributed by atoms with Crippen LogP contribution in [-0.2, 0) is 5.41 Å². The molecule has 0 aliphatic heterocycles. The van der Waals surface area contributed by atoms with E-state index in [1.54, 1.807) is 0 Å². The fourth-order valence-electron chi connectivity index (χ4n) is 9.50. The van der Waals surface area contributed by atoms with E-state index in [-0.39, 0.29) is 5.41 Å². The van der Waals surface area contributed by atoms with Crippen molar-refractivity contribution in [1.29, 1.82) is 0 Å². The maximum absolute atomic E-state index is 5.36. The number of fused-ring (bicyclic) bond motifs is 5. The van der Waals surface area contributed by atoms with Crippen molar-refractivity contribution in [3.8, 4) is 79.4 Å². The van der Waals surface area contributed by atoms with Gasteiger partial charge in [-0.25, -0.2) is 24.9 Å². The summed E-state index contributed by atoms with van der Waals surface area (Å²) in [7, 11) is 0. The number of benzene rings is 8. The highest BCUT2D eigenvalue weighted by Gasteiger charge is 2.38. The Morgan fingerprint density at radius 2 is 0.778 bits per heavy atom. The van der Waals surface area contributed by atoms with E-state index >= 15 is 0 Å². The van der Waals surface area contributed by atoms with Crippen LogP contribution < -0.4 is 0 Å². The quantitative estimate of drug-likeness (QED) is 0.160. The lowest BCUT2D eigenvalue weighted by Gasteiger charge is -2.24. The number of rotatable bonds is 7. The summed E-state index contributed by atoms with van der Waals surface area (Å²) in [5.41, 5.74) is 15.3. The highest BCUT2D eigenvalue weighted by atomic mass is 15.1. The molecule has 7 heteroatoms. The van der Waals surface area contributed by atoms with Gasteiger partial charge >= 0.3 is 0 Å². The largest absolute Gasteiger partial charge is 0.292 e. The molecule has 8 aromatic carbocycles. The Morgan fingerprint density at radius 3 is 1.35 bits per heavy atom. The summed E-state index contributed by atoms with van der Waals surface area (Å²) in [6.07, 6.45) is 0. The molecule has 0 unspecified atom stereocenters. The molecule has 0 radical (unpaired) electrons. The highest BCUT2D eigenvalue weighted by molar-refractivity contribution is 5.89. The van der Waals surface area contributed by atoms with Crippen LogP contribution in [0.2, 0.25) is 0 Å². The van der Waals surface area contributed by atoms with E-state index in [9.17, 15) is 0 Å². The van der Waals surface area contributed by atoms with Crippen molar-refractivity contribution in [3.05, 3.63) is 211 Å². The predicted molar refractivity (Wildman–Crippen MR) is 254 cm³/mol. The molecule has 0 amide bonds. The summed E-state index contributed by atoms with van der Waals surface area (Å²) in [6.45, 7) is 4.60. The first-order chi connectivity index (χ1) is 31.0. The van der Waals surface area contributed by atoms with Gasteiger partial charge in [-0.15, -0.1) is 0 Å². The highest BCUT2D eigenvalue weighted by Crippen LogP contribution is 2.52. The zero-order chi connectivity index (χ0) is 42.1. The van der Waals surface area contributed by atoms with E-state index < -0.39 is 0 Å². The van der Waals surface area contributed by atoms with E-state index in [0.717, 1.165) is 72.9 Å². The number of nitrogens with zero attached hydrogens (tertiary/aromatic N) is 7. The lowest BCUT2D eigenvalue weighted by atomic mass is 9.80. The Balaban J connectivity index is 1.06. The van der Waals surface area contributed by atoms with Gasteiger partial charge in [0.15, 0.2) is 17.5 Å². The van der Waals surface area contributed by atoms with Crippen molar-refractivity contribution in [1.82, 2.24) is 34.1 Å². The maximum atomic E-state index is 5.36. The standard InChI is InChI=1S/C56H39N7/c1-56(2)45-29-10-9-26-42(45)43-27-17-28-44(50(43)56)53-60-51(36-18-15-20-38(34-36)54-57-46-30-11-13-32-48(46)62(54)40-22-5-3-6-23-40)59-52(61-53)37-19-16-21-39(35-37)55-58-47-31-12-14-33-49(47)63(55)41-24-7-4-8-25-41/h3-35H,1-2H3. The van der Waals surface area contributed by atoms with Crippen molar-refractivity contribution in [2.75, 3.05) is 0 Å². The first-order valence-corrected chi connectivity index (χ1v) is 21.3. The molecule has 3 heterocycles. The Labute approximate surface area is 364 Å². The number of para-hydroxylation sites is 6. The zero-order valence-corrected chi connectivity index (χ0v) is 34.7. The molecular formula is C56H39N7. The van der Waals surface area contributed by atoms with Crippen molar-refractivity contribution < 1.29 is 0 Å². The van der Waals surface area contributed by atoms with Gasteiger partial charge in [-0.2, -0.15) is 0 Å². The second kappa shape index (κ2) is 14.4. The summed E-state index contributed by atoms with van der Waals surface area (Å²) in [5, 5.41) is 0. The Hall–Kier alpha value is -8.29. The molecule has 1 aliphatic carbocycles. The normalized spacial score (nSPS) is 12.7. The molecule has 1 aliphatic rings. The van der Waals surface area contributed by atoms with Gasteiger partial charge in [0.2, 0.25) is 0 Å². The van der Waals surface area contributed by atoms with Crippen LogP contribution in [0.1, 0.15) is 25.0 Å². The topological polar surface area (TPSA) is 74.3 Å². The van der Waals surface area contributed by atoms with Crippen LogP contribution in [0.25, 0.3) is 102 Å². The van der Waals surface area contributed by atoms with Crippen molar-refractivity contribution in [3.63, 3.8) is 0 Å². The monoisotopic (exact) mass is 809 g/mol. The number of hydrogen-bond acceptors (Lipinski definition) is 5. The molecule has 7 nitrogen and oxygen atoms in total.